The van der Waals surface area contributed by atoms with Crippen molar-refractivity contribution in [1.82, 2.24) is 34.4 Å². The number of piperidine rings is 1. The average Bonchev–Trinajstić information content (AvgIpc) is 3.18. The summed E-state index contributed by atoms with van der Waals surface area (Å²) in [5, 5.41) is 14.9. The number of imidazole rings is 1. The molecule has 4 aromatic heterocycles. The number of nitrogens with zero attached hydrogens (tertiary/aromatic N) is 6. The lowest BCUT2D eigenvalue weighted by atomic mass is 10.2. The van der Waals surface area contributed by atoms with E-state index in [1.807, 2.05) is 36.8 Å². The van der Waals surface area contributed by atoms with Crippen molar-refractivity contribution in [2.45, 2.75) is 32.9 Å². The second-order valence-corrected chi connectivity index (χ2v) is 8.87. The van der Waals surface area contributed by atoms with Crippen LogP contribution in [-0.2, 0) is 0 Å². The Kier molecular flexibility index (Phi) is 3.98. The Bertz CT molecular complexity index is 1290. The lowest BCUT2D eigenvalue weighted by molar-refractivity contribution is 0.595. The van der Waals surface area contributed by atoms with Gasteiger partial charge in [0, 0.05) is 44.0 Å². The monoisotopic (exact) mass is 417 g/mol. The topological polar surface area (TPSA) is 97.0 Å². The summed E-state index contributed by atoms with van der Waals surface area (Å²) in [6.45, 7) is 8.50. The SMILES string of the molecule is CNc1nc(NC2[C@H]3CNC[C@@H]23)nn2ccc(-c3ccc4nc(C)n(C(C)C)c4n3)c12. The van der Waals surface area contributed by atoms with Crippen LogP contribution in [0.2, 0.25) is 0 Å². The summed E-state index contributed by atoms with van der Waals surface area (Å²) in [4.78, 5) is 14.4. The molecule has 0 spiro atoms. The fourth-order valence-corrected chi connectivity index (χ4v) is 5.10. The first kappa shape index (κ1) is 18.6. The molecule has 4 aromatic rings. The molecule has 1 aliphatic carbocycles. The quantitative estimate of drug-likeness (QED) is 0.459. The zero-order valence-electron chi connectivity index (χ0n) is 18.2. The van der Waals surface area contributed by atoms with Crippen LogP contribution in [0.15, 0.2) is 24.4 Å². The largest absolute Gasteiger partial charge is 0.371 e. The van der Waals surface area contributed by atoms with Gasteiger partial charge in [0.2, 0.25) is 5.95 Å². The minimum Gasteiger partial charge on any atom is -0.371 e. The highest BCUT2D eigenvalue weighted by atomic mass is 15.3. The van der Waals surface area contributed by atoms with Gasteiger partial charge in [0.15, 0.2) is 11.5 Å². The number of rotatable bonds is 5. The van der Waals surface area contributed by atoms with Gasteiger partial charge in [-0.3, -0.25) is 0 Å². The van der Waals surface area contributed by atoms with Crippen LogP contribution in [0.25, 0.3) is 27.9 Å². The summed E-state index contributed by atoms with van der Waals surface area (Å²) >= 11 is 0. The van der Waals surface area contributed by atoms with Gasteiger partial charge in [0.1, 0.15) is 16.9 Å². The van der Waals surface area contributed by atoms with Gasteiger partial charge in [0.25, 0.3) is 0 Å². The third kappa shape index (κ3) is 2.79. The summed E-state index contributed by atoms with van der Waals surface area (Å²) < 4.78 is 4.07. The molecule has 1 saturated heterocycles. The highest BCUT2D eigenvalue weighted by Gasteiger charge is 2.53. The van der Waals surface area contributed by atoms with E-state index in [0.717, 1.165) is 52.7 Å². The van der Waals surface area contributed by atoms with Crippen molar-refractivity contribution < 1.29 is 0 Å². The maximum atomic E-state index is 4.99. The number of hydrogen-bond acceptors (Lipinski definition) is 7. The molecule has 9 nitrogen and oxygen atoms in total. The third-order valence-corrected chi connectivity index (χ3v) is 6.64. The molecule has 1 saturated carbocycles. The lowest BCUT2D eigenvalue weighted by Crippen LogP contribution is -2.22. The van der Waals surface area contributed by atoms with Gasteiger partial charge in [-0.05, 0) is 50.8 Å². The summed E-state index contributed by atoms with van der Waals surface area (Å²) in [6, 6.07) is 6.89. The van der Waals surface area contributed by atoms with Crippen molar-refractivity contribution in [1.29, 1.82) is 0 Å². The summed E-state index contributed by atoms with van der Waals surface area (Å²) in [7, 11) is 1.90. The zero-order valence-corrected chi connectivity index (χ0v) is 18.2. The first-order chi connectivity index (χ1) is 15.0. The Morgan fingerprint density at radius 3 is 2.65 bits per heavy atom. The van der Waals surface area contributed by atoms with Crippen molar-refractivity contribution in [2.24, 2.45) is 11.8 Å². The molecule has 9 heteroatoms. The van der Waals surface area contributed by atoms with E-state index < -0.39 is 0 Å². The standard InChI is InChI=1S/C22H27N9/c1-11(2)31-12(3)25-17-6-5-16(26-21(17)31)13-7-8-30-19(13)20(23-4)28-22(29-30)27-18-14-9-24-10-15(14)18/h5-8,11,14-15,18,24H,9-10H2,1-4H3,(H2,23,27,28,29)/t14-,15+,18?. The molecule has 3 N–H and O–H groups in total. The second-order valence-electron chi connectivity index (χ2n) is 8.87. The summed E-state index contributed by atoms with van der Waals surface area (Å²) in [5.41, 5.74) is 4.63. The molecular weight excluding hydrogens is 390 g/mol. The van der Waals surface area contributed by atoms with Crippen molar-refractivity contribution >= 4 is 28.4 Å². The smallest absolute Gasteiger partial charge is 0.243 e. The Balaban J connectivity index is 1.42. The van der Waals surface area contributed by atoms with Crippen molar-refractivity contribution in [2.75, 3.05) is 30.8 Å². The van der Waals surface area contributed by atoms with Crippen LogP contribution in [0.4, 0.5) is 11.8 Å². The van der Waals surface area contributed by atoms with Gasteiger partial charge in [-0.2, -0.15) is 4.98 Å². The van der Waals surface area contributed by atoms with E-state index in [0.29, 0.717) is 29.9 Å². The van der Waals surface area contributed by atoms with Gasteiger partial charge >= 0.3 is 0 Å². The number of pyridine rings is 1. The van der Waals surface area contributed by atoms with Crippen LogP contribution in [0.1, 0.15) is 25.7 Å². The van der Waals surface area contributed by atoms with Crippen LogP contribution in [0, 0.1) is 18.8 Å². The van der Waals surface area contributed by atoms with Crippen LogP contribution < -0.4 is 16.0 Å². The predicted molar refractivity (Wildman–Crippen MR) is 121 cm³/mol. The number of anilines is 2. The number of fused-ring (bicyclic) bond motifs is 3. The van der Waals surface area contributed by atoms with Gasteiger partial charge < -0.3 is 20.5 Å². The number of hydrogen-bond donors (Lipinski definition) is 3. The minimum atomic E-state index is 0.292. The first-order valence-electron chi connectivity index (χ1n) is 11.0. The fraction of sp³-hybridized carbons (Fsp3) is 0.455. The van der Waals surface area contributed by atoms with E-state index in [1.165, 1.54) is 0 Å². The molecule has 6 rings (SSSR count). The molecule has 2 fully saturated rings. The summed E-state index contributed by atoms with van der Waals surface area (Å²) in [6.07, 6.45) is 1.98. The molecule has 5 heterocycles. The maximum absolute atomic E-state index is 4.99. The molecule has 31 heavy (non-hydrogen) atoms. The van der Waals surface area contributed by atoms with E-state index in [4.69, 9.17) is 15.1 Å². The van der Waals surface area contributed by atoms with Gasteiger partial charge in [-0.1, -0.05) is 0 Å². The molecule has 1 unspecified atom stereocenters. The van der Waals surface area contributed by atoms with Crippen molar-refractivity contribution in [3.05, 3.63) is 30.2 Å². The molecule has 160 valence electrons. The van der Waals surface area contributed by atoms with Gasteiger partial charge in [-0.15, -0.1) is 5.10 Å². The Labute approximate surface area is 180 Å². The zero-order chi connectivity index (χ0) is 21.3. The number of nitrogens with one attached hydrogen (secondary N) is 3. The summed E-state index contributed by atoms with van der Waals surface area (Å²) in [5.74, 6) is 3.82. The molecule has 1 aliphatic heterocycles. The molecular formula is C22H27N9. The maximum Gasteiger partial charge on any atom is 0.243 e. The number of aryl methyl sites for hydroxylation is 1. The highest BCUT2D eigenvalue weighted by molar-refractivity contribution is 5.89. The number of aromatic nitrogens is 6. The van der Waals surface area contributed by atoms with E-state index in [1.54, 1.807) is 0 Å². The molecule has 0 aromatic carbocycles. The fourth-order valence-electron chi connectivity index (χ4n) is 5.10. The highest BCUT2D eigenvalue weighted by Crippen LogP contribution is 2.43. The van der Waals surface area contributed by atoms with Gasteiger partial charge in [0.05, 0.1) is 5.69 Å². The Morgan fingerprint density at radius 1 is 1.10 bits per heavy atom. The van der Waals surface area contributed by atoms with E-state index in [2.05, 4.69) is 45.4 Å². The van der Waals surface area contributed by atoms with Crippen LogP contribution in [-0.4, -0.2) is 55.3 Å². The van der Waals surface area contributed by atoms with E-state index >= 15 is 0 Å². The first-order valence-corrected chi connectivity index (χ1v) is 11.0. The predicted octanol–water partition coefficient (Wildman–Crippen LogP) is 2.70. The molecule has 0 bridgehead atoms. The normalized spacial score (nSPS) is 22.4. The van der Waals surface area contributed by atoms with Crippen LogP contribution in [0.5, 0.6) is 0 Å². The van der Waals surface area contributed by atoms with Crippen LogP contribution in [0.3, 0.4) is 0 Å². The van der Waals surface area contributed by atoms with Crippen molar-refractivity contribution in [3.63, 3.8) is 0 Å². The molecule has 0 radical (unpaired) electrons. The van der Waals surface area contributed by atoms with Crippen molar-refractivity contribution in [3.8, 4) is 11.3 Å². The van der Waals surface area contributed by atoms with Gasteiger partial charge in [-0.25, -0.2) is 14.5 Å². The second kappa shape index (κ2) is 6.65. The lowest BCUT2D eigenvalue weighted by Gasteiger charge is -2.12. The molecule has 3 atom stereocenters. The molecule has 0 amide bonds. The third-order valence-electron chi connectivity index (χ3n) is 6.64. The average molecular weight is 418 g/mol. The Morgan fingerprint density at radius 2 is 1.90 bits per heavy atom. The Hall–Kier alpha value is -3.20. The minimum absolute atomic E-state index is 0.292. The van der Waals surface area contributed by atoms with Crippen LogP contribution >= 0.6 is 0 Å². The van der Waals surface area contributed by atoms with E-state index in [-0.39, 0.29) is 0 Å². The molecule has 2 aliphatic rings. The van der Waals surface area contributed by atoms with E-state index in [9.17, 15) is 0 Å².